The Morgan fingerprint density at radius 2 is 2.05 bits per heavy atom. The van der Waals surface area contributed by atoms with E-state index in [0.29, 0.717) is 0 Å². The minimum atomic E-state index is 0.813. The van der Waals surface area contributed by atoms with Crippen LogP contribution in [-0.4, -0.2) is 21.4 Å². The van der Waals surface area contributed by atoms with Gasteiger partial charge in [-0.15, -0.1) is 0 Å². The summed E-state index contributed by atoms with van der Waals surface area (Å²) in [6.45, 7) is 1.71. The summed E-state index contributed by atoms with van der Waals surface area (Å²) in [5.74, 6) is 0. The summed E-state index contributed by atoms with van der Waals surface area (Å²) >= 11 is 0. The van der Waals surface area contributed by atoms with Gasteiger partial charge in [0, 0.05) is 31.5 Å². The van der Waals surface area contributed by atoms with Crippen molar-refractivity contribution in [2.75, 3.05) is 7.05 Å². The van der Waals surface area contributed by atoms with Crippen LogP contribution in [0.2, 0.25) is 0 Å². The molecular formula is C15H18N4. The van der Waals surface area contributed by atoms with E-state index in [9.17, 15) is 0 Å². The van der Waals surface area contributed by atoms with Crippen molar-refractivity contribution in [3.63, 3.8) is 0 Å². The van der Waals surface area contributed by atoms with Crippen LogP contribution in [0.3, 0.4) is 0 Å². The van der Waals surface area contributed by atoms with E-state index in [1.165, 1.54) is 16.5 Å². The molecule has 3 aromatic rings. The van der Waals surface area contributed by atoms with Crippen molar-refractivity contribution >= 4 is 10.9 Å². The first-order valence-electron chi connectivity index (χ1n) is 6.47. The topological polar surface area (TPSA) is 34.8 Å². The molecule has 0 fully saturated rings. The highest BCUT2D eigenvalue weighted by Crippen LogP contribution is 2.18. The summed E-state index contributed by atoms with van der Waals surface area (Å²) in [6.07, 6.45) is 4.11. The van der Waals surface area contributed by atoms with Gasteiger partial charge in [-0.25, -0.2) is 0 Å². The van der Waals surface area contributed by atoms with Gasteiger partial charge >= 0.3 is 0 Å². The molecule has 0 radical (unpaired) electrons. The van der Waals surface area contributed by atoms with Gasteiger partial charge in [0.25, 0.3) is 0 Å². The number of hydrogen-bond donors (Lipinski definition) is 1. The van der Waals surface area contributed by atoms with Gasteiger partial charge in [0.15, 0.2) is 0 Å². The second-order valence-corrected chi connectivity index (χ2v) is 4.85. The Hall–Kier alpha value is -2.07. The Morgan fingerprint density at radius 3 is 2.79 bits per heavy atom. The van der Waals surface area contributed by atoms with Crippen LogP contribution in [-0.2, 0) is 20.1 Å². The van der Waals surface area contributed by atoms with Gasteiger partial charge in [0.05, 0.1) is 12.2 Å². The van der Waals surface area contributed by atoms with Crippen LogP contribution >= 0.6 is 0 Å². The molecule has 0 unspecified atom stereocenters. The number of rotatable bonds is 4. The summed E-state index contributed by atoms with van der Waals surface area (Å²) in [5.41, 5.74) is 3.65. The predicted molar refractivity (Wildman–Crippen MR) is 77.0 cm³/mol. The Kier molecular flexibility index (Phi) is 3.09. The molecule has 4 nitrogen and oxygen atoms in total. The summed E-state index contributed by atoms with van der Waals surface area (Å²) in [4.78, 5) is 0. The predicted octanol–water partition coefficient (Wildman–Crippen LogP) is 2.14. The molecule has 0 bridgehead atoms. The molecule has 0 spiro atoms. The van der Waals surface area contributed by atoms with Crippen molar-refractivity contribution in [3.05, 3.63) is 54.0 Å². The summed E-state index contributed by atoms with van der Waals surface area (Å²) < 4.78 is 4.09. The fourth-order valence-electron chi connectivity index (χ4n) is 2.40. The second kappa shape index (κ2) is 4.90. The van der Waals surface area contributed by atoms with Crippen LogP contribution in [0.15, 0.2) is 42.7 Å². The molecule has 4 heteroatoms. The van der Waals surface area contributed by atoms with Gasteiger partial charge in [0.2, 0.25) is 0 Å². The molecule has 3 rings (SSSR count). The monoisotopic (exact) mass is 254 g/mol. The van der Waals surface area contributed by atoms with E-state index in [4.69, 9.17) is 0 Å². The van der Waals surface area contributed by atoms with Crippen LogP contribution in [0.25, 0.3) is 10.9 Å². The van der Waals surface area contributed by atoms with Crippen LogP contribution < -0.4 is 5.32 Å². The highest BCUT2D eigenvalue weighted by Gasteiger charge is 2.04. The minimum absolute atomic E-state index is 0.813. The fourth-order valence-corrected chi connectivity index (χ4v) is 2.40. The molecule has 1 N–H and O–H groups in total. The maximum absolute atomic E-state index is 4.43. The summed E-state index contributed by atoms with van der Waals surface area (Å²) in [6, 6.07) is 10.8. The quantitative estimate of drug-likeness (QED) is 0.774. The third-order valence-electron chi connectivity index (χ3n) is 3.32. The lowest BCUT2D eigenvalue weighted by molar-refractivity contribution is 0.716. The van der Waals surface area contributed by atoms with Crippen LogP contribution in [0.1, 0.15) is 11.3 Å². The van der Waals surface area contributed by atoms with Crippen molar-refractivity contribution in [1.29, 1.82) is 0 Å². The Morgan fingerprint density at radius 1 is 1.16 bits per heavy atom. The third-order valence-corrected chi connectivity index (χ3v) is 3.32. The van der Waals surface area contributed by atoms with Crippen molar-refractivity contribution in [2.45, 2.75) is 13.1 Å². The molecule has 0 saturated heterocycles. The minimum Gasteiger partial charge on any atom is -0.341 e. The molecule has 0 aliphatic rings. The molecular weight excluding hydrogens is 236 g/mol. The molecule has 0 saturated carbocycles. The van der Waals surface area contributed by atoms with Gasteiger partial charge < -0.3 is 9.88 Å². The van der Waals surface area contributed by atoms with Gasteiger partial charge in [0.1, 0.15) is 0 Å². The van der Waals surface area contributed by atoms with E-state index in [1.807, 2.05) is 25.0 Å². The van der Waals surface area contributed by atoms with Gasteiger partial charge in [-0.05, 0) is 36.2 Å². The molecule has 1 aromatic carbocycles. The second-order valence-electron chi connectivity index (χ2n) is 4.85. The van der Waals surface area contributed by atoms with Crippen molar-refractivity contribution in [3.8, 4) is 0 Å². The van der Waals surface area contributed by atoms with Crippen LogP contribution in [0.4, 0.5) is 0 Å². The number of fused-ring (bicyclic) bond motifs is 1. The van der Waals surface area contributed by atoms with Crippen molar-refractivity contribution in [2.24, 2.45) is 7.05 Å². The Bertz CT molecular complexity index is 693. The van der Waals surface area contributed by atoms with Crippen LogP contribution in [0, 0.1) is 0 Å². The molecule has 2 aromatic heterocycles. The first-order valence-corrected chi connectivity index (χ1v) is 6.47. The number of nitrogens with zero attached hydrogens (tertiary/aromatic N) is 3. The zero-order valence-corrected chi connectivity index (χ0v) is 11.3. The van der Waals surface area contributed by atoms with Gasteiger partial charge in [-0.2, -0.15) is 5.10 Å². The molecule has 2 heterocycles. The molecule has 0 aliphatic carbocycles. The highest BCUT2D eigenvalue weighted by atomic mass is 15.3. The molecule has 98 valence electrons. The van der Waals surface area contributed by atoms with E-state index < -0.39 is 0 Å². The Balaban J connectivity index is 1.96. The molecule has 19 heavy (non-hydrogen) atoms. The zero-order chi connectivity index (χ0) is 13.2. The van der Waals surface area contributed by atoms with Gasteiger partial charge in [-0.3, -0.25) is 4.68 Å². The van der Waals surface area contributed by atoms with E-state index in [1.54, 1.807) is 0 Å². The van der Waals surface area contributed by atoms with E-state index in [2.05, 4.69) is 51.5 Å². The normalized spacial score (nSPS) is 11.3. The van der Waals surface area contributed by atoms with Crippen molar-refractivity contribution < 1.29 is 0 Å². The zero-order valence-electron chi connectivity index (χ0n) is 11.3. The lowest BCUT2D eigenvalue weighted by Gasteiger charge is -2.05. The average Bonchev–Trinajstić information content (AvgIpc) is 2.98. The standard InChI is InChI=1S/C15H18N4/c1-16-10-12-3-4-13-5-8-19(15(13)9-12)11-14-6-7-18(2)17-14/h3-9,16H,10-11H2,1-2H3. The van der Waals surface area contributed by atoms with E-state index in [0.717, 1.165) is 18.8 Å². The first kappa shape index (κ1) is 12.0. The van der Waals surface area contributed by atoms with Gasteiger partial charge in [-0.1, -0.05) is 12.1 Å². The number of hydrogen-bond acceptors (Lipinski definition) is 2. The lowest BCUT2D eigenvalue weighted by atomic mass is 10.1. The summed E-state index contributed by atoms with van der Waals surface area (Å²) in [5, 5.41) is 8.90. The lowest BCUT2D eigenvalue weighted by Crippen LogP contribution is -2.05. The highest BCUT2D eigenvalue weighted by molar-refractivity contribution is 5.80. The first-order chi connectivity index (χ1) is 9.26. The number of nitrogens with one attached hydrogen (secondary N) is 1. The SMILES string of the molecule is CNCc1ccc2ccn(Cc3ccn(C)n3)c2c1. The molecule has 0 atom stereocenters. The number of benzene rings is 1. The van der Waals surface area contributed by atoms with E-state index >= 15 is 0 Å². The third kappa shape index (κ3) is 2.39. The van der Waals surface area contributed by atoms with Crippen LogP contribution in [0.5, 0.6) is 0 Å². The van der Waals surface area contributed by atoms with E-state index in [-0.39, 0.29) is 0 Å². The smallest absolute Gasteiger partial charge is 0.0821 e. The number of aromatic nitrogens is 3. The largest absolute Gasteiger partial charge is 0.341 e. The maximum Gasteiger partial charge on any atom is 0.0821 e. The molecule has 0 amide bonds. The average molecular weight is 254 g/mol. The van der Waals surface area contributed by atoms with Crippen molar-refractivity contribution in [1.82, 2.24) is 19.7 Å². The maximum atomic E-state index is 4.43. The number of aryl methyl sites for hydroxylation is 1. The molecule has 0 aliphatic heterocycles. The fraction of sp³-hybridized carbons (Fsp3) is 0.267. The summed E-state index contributed by atoms with van der Waals surface area (Å²) in [7, 11) is 3.92. The Labute approximate surface area is 112 Å².